The Morgan fingerprint density at radius 1 is 0.651 bits per heavy atom. The minimum atomic E-state index is -1.36. The fourth-order valence-corrected chi connectivity index (χ4v) is 6.92. The fraction of sp³-hybridized carbons (Fsp3) is 0.405. The molecule has 4 aromatic carbocycles. The van der Waals surface area contributed by atoms with Crippen LogP contribution in [0.1, 0.15) is 88.4 Å². The molecule has 2 aliphatic carbocycles. The summed E-state index contributed by atoms with van der Waals surface area (Å²) in [6.07, 6.45) is 4.31. The van der Waals surface area contributed by atoms with Crippen molar-refractivity contribution in [2.75, 3.05) is 0 Å². The molecule has 6 rings (SSSR count). The van der Waals surface area contributed by atoms with Gasteiger partial charge >= 0.3 is 0 Å². The summed E-state index contributed by atoms with van der Waals surface area (Å²) < 4.78 is 0. The summed E-state index contributed by atoms with van der Waals surface area (Å²) in [5, 5.41) is 33.4. The van der Waals surface area contributed by atoms with Crippen molar-refractivity contribution in [3.8, 4) is 0 Å². The topological polar surface area (TPSA) is 98.7 Å². The van der Waals surface area contributed by atoms with E-state index < -0.39 is 28.7 Å². The van der Waals surface area contributed by atoms with Crippen molar-refractivity contribution >= 4 is 33.4 Å². The predicted molar refractivity (Wildman–Crippen MR) is 170 cm³/mol. The van der Waals surface area contributed by atoms with E-state index in [-0.39, 0.29) is 11.8 Å². The quantitative estimate of drug-likeness (QED) is 0.142. The molecule has 224 valence electrons. The minimum Gasteiger partial charge on any atom is -0.387 e. The SMILES string of the molecule is CCCC(CCC)(C(=O)NC(c1cccc2ccccc12)C1(O)CC1)C(=O)NC(c1cccc2ccccc12)C1(O)CC1. The Balaban J connectivity index is 1.37. The van der Waals surface area contributed by atoms with E-state index >= 15 is 0 Å². The molecular weight excluding hydrogens is 536 g/mol. The second kappa shape index (κ2) is 11.4. The van der Waals surface area contributed by atoms with Crippen LogP contribution < -0.4 is 10.6 Å². The molecular formula is C37H42N2O4. The molecule has 2 atom stereocenters. The predicted octanol–water partition coefficient (Wildman–Crippen LogP) is 6.64. The van der Waals surface area contributed by atoms with Crippen LogP contribution in [0.2, 0.25) is 0 Å². The summed E-state index contributed by atoms with van der Waals surface area (Å²) in [6.45, 7) is 3.97. The van der Waals surface area contributed by atoms with Crippen molar-refractivity contribution in [1.29, 1.82) is 0 Å². The van der Waals surface area contributed by atoms with Crippen molar-refractivity contribution in [1.82, 2.24) is 10.6 Å². The van der Waals surface area contributed by atoms with Crippen LogP contribution in [0.25, 0.3) is 21.5 Å². The zero-order valence-corrected chi connectivity index (χ0v) is 25.1. The highest BCUT2D eigenvalue weighted by Crippen LogP contribution is 2.49. The van der Waals surface area contributed by atoms with Gasteiger partial charge in [0.15, 0.2) is 0 Å². The molecule has 4 N–H and O–H groups in total. The maximum Gasteiger partial charge on any atom is 0.236 e. The van der Waals surface area contributed by atoms with Crippen LogP contribution in [-0.4, -0.2) is 33.2 Å². The van der Waals surface area contributed by atoms with Crippen molar-refractivity contribution in [3.05, 3.63) is 96.1 Å². The van der Waals surface area contributed by atoms with Gasteiger partial charge in [0.05, 0.1) is 23.3 Å². The highest BCUT2D eigenvalue weighted by Gasteiger charge is 2.55. The summed E-state index contributed by atoms with van der Waals surface area (Å²) in [4.78, 5) is 29.1. The van der Waals surface area contributed by atoms with Crippen molar-refractivity contribution in [2.45, 2.75) is 88.5 Å². The van der Waals surface area contributed by atoms with Gasteiger partial charge in [0, 0.05) is 0 Å². The first-order chi connectivity index (χ1) is 20.7. The molecule has 2 saturated carbocycles. The number of nitrogens with one attached hydrogen (secondary N) is 2. The molecule has 2 amide bonds. The molecule has 2 fully saturated rings. The van der Waals surface area contributed by atoms with Gasteiger partial charge in [-0.05, 0) is 71.2 Å². The van der Waals surface area contributed by atoms with Crippen molar-refractivity contribution in [3.63, 3.8) is 0 Å². The zero-order valence-electron chi connectivity index (χ0n) is 25.1. The molecule has 0 radical (unpaired) electrons. The molecule has 0 aromatic heterocycles. The van der Waals surface area contributed by atoms with Gasteiger partial charge in [0.2, 0.25) is 11.8 Å². The summed E-state index contributed by atoms with van der Waals surface area (Å²) >= 11 is 0. The second-order valence-corrected chi connectivity index (χ2v) is 12.7. The average molecular weight is 579 g/mol. The van der Waals surface area contributed by atoms with Crippen LogP contribution in [-0.2, 0) is 9.59 Å². The molecule has 0 spiro atoms. The highest BCUT2D eigenvalue weighted by atomic mass is 16.3. The van der Waals surface area contributed by atoms with Gasteiger partial charge in [-0.2, -0.15) is 0 Å². The van der Waals surface area contributed by atoms with Gasteiger partial charge in [-0.25, -0.2) is 0 Å². The van der Waals surface area contributed by atoms with Crippen molar-refractivity contribution in [2.24, 2.45) is 5.41 Å². The third kappa shape index (κ3) is 5.43. The number of benzene rings is 4. The number of hydrogen-bond donors (Lipinski definition) is 4. The fourth-order valence-electron chi connectivity index (χ4n) is 6.92. The number of fused-ring (bicyclic) bond motifs is 2. The lowest BCUT2D eigenvalue weighted by atomic mass is 9.76. The Kier molecular flexibility index (Phi) is 7.78. The molecule has 6 nitrogen and oxygen atoms in total. The summed E-state index contributed by atoms with van der Waals surface area (Å²) in [7, 11) is 0. The Morgan fingerprint density at radius 2 is 1.02 bits per heavy atom. The lowest BCUT2D eigenvalue weighted by Gasteiger charge is -2.36. The maximum absolute atomic E-state index is 14.5. The molecule has 0 saturated heterocycles. The first-order valence-corrected chi connectivity index (χ1v) is 15.8. The summed E-state index contributed by atoms with van der Waals surface area (Å²) in [5.41, 5.74) is -1.76. The van der Waals surface area contributed by atoms with Gasteiger partial charge < -0.3 is 20.8 Å². The van der Waals surface area contributed by atoms with E-state index in [1.54, 1.807) is 0 Å². The standard InChI is InChI=1S/C37H42N2O4/c1-3-19-35(20-4-2,33(40)38-31(36(42)21-22-36)29-17-9-13-25-11-5-7-15-27(25)29)34(41)39-32(37(43)23-24-37)30-18-10-14-26-12-6-8-16-28(26)30/h5-18,31-32,42-43H,3-4,19-24H2,1-2H3,(H,38,40)(H,39,41). The Bertz CT molecular complexity index is 1520. The van der Waals surface area contributed by atoms with Gasteiger partial charge in [0.1, 0.15) is 5.41 Å². The first kappa shape index (κ1) is 29.3. The maximum atomic E-state index is 14.5. The molecule has 4 aromatic rings. The van der Waals surface area contributed by atoms with Gasteiger partial charge in [-0.15, -0.1) is 0 Å². The lowest BCUT2D eigenvalue weighted by molar-refractivity contribution is -0.147. The van der Waals surface area contributed by atoms with Crippen LogP contribution in [0.15, 0.2) is 84.9 Å². The summed E-state index contributed by atoms with van der Waals surface area (Å²) in [6, 6.07) is 26.5. The van der Waals surface area contributed by atoms with Crippen LogP contribution in [0.3, 0.4) is 0 Å². The molecule has 0 bridgehead atoms. The van der Waals surface area contributed by atoms with E-state index in [4.69, 9.17) is 0 Å². The first-order valence-electron chi connectivity index (χ1n) is 15.8. The number of aliphatic hydroxyl groups is 2. The number of amides is 2. The largest absolute Gasteiger partial charge is 0.387 e. The molecule has 43 heavy (non-hydrogen) atoms. The van der Waals surface area contributed by atoms with Crippen LogP contribution in [0, 0.1) is 5.41 Å². The van der Waals surface area contributed by atoms with Gasteiger partial charge in [-0.3, -0.25) is 9.59 Å². The zero-order chi connectivity index (χ0) is 30.2. The third-order valence-electron chi connectivity index (χ3n) is 9.64. The summed E-state index contributed by atoms with van der Waals surface area (Å²) in [5.74, 6) is -0.738. The molecule has 2 aliphatic rings. The monoisotopic (exact) mass is 578 g/mol. The lowest BCUT2D eigenvalue weighted by Crippen LogP contribution is -2.55. The Hall–Kier alpha value is -3.74. The molecule has 2 unspecified atom stereocenters. The van der Waals surface area contributed by atoms with E-state index in [2.05, 4.69) is 10.6 Å². The smallest absolute Gasteiger partial charge is 0.236 e. The van der Waals surface area contributed by atoms with E-state index in [1.165, 1.54) is 0 Å². The van der Waals surface area contributed by atoms with E-state index in [0.29, 0.717) is 51.4 Å². The van der Waals surface area contributed by atoms with Gasteiger partial charge in [0.25, 0.3) is 0 Å². The number of rotatable bonds is 12. The number of carbonyl (C=O) groups excluding carboxylic acids is 2. The highest BCUT2D eigenvalue weighted by molar-refractivity contribution is 6.06. The normalized spacial score (nSPS) is 18.1. The van der Waals surface area contributed by atoms with E-state index in [0.717, 1.165) is 32.7 Å². The second-order valence-electron chi connectivity index (χ2n) is 12.7. The average Bonchev–Trinajstić information content (AvgIpc) is 3.96. The van der Waals surface area contributed by atoms with Crippen LogP contribution in [0.4, 0.5) is 0 Å². The molecule has 6 heteroatoms. The van der Waals surface area contributed by atoms with E-state index in [1.807, 2.05) is 98.8 Å². The van der Waals surface area contributed by atoms with E-state index in [9.17, 15) is 19.8 Å². The van der Waals surface area contributed by atoms with Crippen molar-refractivity contribution < 1.29 is 19.8 Å². The third-order valence-corrected chi connectivity index (χ3v) is 9.64. The van der Waals surface area contributed by atoms with Crippen LogP contribution >= 0.6 is 0 Å². The Labute approximate surface area is 253 Å². The Morgan fingerprint density at radius 3 is 1.40 bits per heavy atom. The molecule has 0 heterocycles. The molecule has 0 aliphatic heterocycles. The number of carbonyl (C=O) groups is 2. The van der Waals surface area contributed by atoms with Gasteiger partial charge in [-0.1, -0.05) is 112 Å². The number of hydrogen-bond acceptors (Lipinski definition) is 4. The minimum absolute atomic E-state index is 0.361. The van der Waals surface area contributed by atoms with Crippen LogP contribution in [0.5, 0.6) is 0 Å².